The number of nitrogens with zero attached hydrogens (tertiary/aromatic N) is 1. The van der Waals surface area contributed by atoms with E-state index in [2.05, 4.69) is 38.3 Å². The van der Waals surface area contributed by atoms with Crippen LogP contribution in [0, 0.1) is 0 Å². The third-order valence-electron chi connectivity index (χ3n) is 5.96. The van der Waals surface area contributed by atoms with Crippen LogP contribution in [0.3, 0.4) is 0 Å². The maximum atomic E-state index is 13.1. The van der Waals surface area contributed by atoms with Gasteiger partial charge >= 0.3 is 6.03 Å². The number of unbranched alkanes of at least 4 members (excludes halogenated alkanes) is 1. The Labute approximate surface area is 190 Å². The Hall–Kier alpha value is -3.15. The van der Waals surface area contributed by atoms with Gasteiger partial charge in [-0.1, -0.05) is 70.5 Å². The van der Waals surface area contributed by atoms with Crippen molar-refractivity contribution in [2.75, 3.05) is 11.9 Å². The first kappa shape index (κ1) is 23.5. The molecule has 1 heterocycles. The van der Waals surface area contributed by atoms with Crippen molar-refractivity contribution in [1.82, 2.24) is 10.2 Å². The maximum Gasteiger partial charge on any atom is 0.325 e. The molecule has 4 amide bonds. The summed E-state index contributed by atoms with van der Waals surface area (Å²) >= 11 is 0. The molecule has 0 radical (unpaired) electrons. The molecule has 3 rings (SSSR count). The number of urea groups is 1. The van der Waals surface area contributed by atoms with Crippen molar-refractivity contribution in [3.63, 3.8) is 0 Å². The number of rotatable bonds is 7. The average Bonchev–Trinajstić information content (AvgIpc) is 2.96. The second-order valence-electron chi connectivity index (χ2n) is 9.62. The van der Waals surface area contributed by atoms with E-state index in [1.54, 1.807) is 6.92 Å². The van der Waals surface area contributed by atoms with Gasteiger partial charge in [0.05, 0.1) is 0 Å². The minimum Gasteiger partial charge on any atom is -0.325 e. The molecular weight excluding hydrogens is 402 g/mol. The Bertz CT molecular complexity index is 990. The number of amides is 4. The van der Waals surface area contributed by atoms with Gasteiger partial charge < -0.3 is 10.6 Å². The summed E-state index contributed by atoms with van der Waals surface area (Å²) in [4.78, 5) is 39.2. The van der Waals surface area contributed by atoms with Crippen molar-refractivity contribution in [2.24, 2.45) is 0 Å². The molecule has 2 aromatic rings. The zero-order valence-corrected chi connectivity index (χ0v) is 19.6. The number of nitrogens with one attached hydrogen (secondary N) is 2. The molecule has 1 aliphatic heterocycles. The molecule has 170 valence electrons. The molecule has 1 unspecified atom stereocenters. The zero-order chi connectivity index (χ0) is 23.5. The van der Waals surface area contributed by atoms with E-state index in [1.165, 1.54) is 5.56 Å². The first-order valence-electron chi connectivity index (χ1n) is 11.2. The van der Waals surface area contributed by atoms with Crippen molar-refractivity contribution in [1.29, 1.82) is 0 Å². The number of hydrogen-bond acceptors (Lipinski definition) is 3. The van der Waals surface area contributed by atoms with Gasteiger partial charge in [-0.05, 0) is 54.0 Å². The highest BCUT2D eigenvalue weighted by Gasteiger charge is 2.49. The molecule has 1 fully saturated rings. The molecule has 2 N–H and O–H groups in total. The second-order valence-corrected chi connectivity index (χ2v) is 9.62. The Morgan fingerprint density at radius 1 is 1.03 bits per heavy atom. The SMILES string of the molecule is CCCCc1ccc(NC(=O)CN2C(=O)NC(C)(c3ccc(C(C)(C)C)cc3)C2=O)cc1. The highest BCUT2D eigenvalue weighted by molar-refractivity contribution is 6.10. The second kappa shape index (κ2) is 9.15. The third-order valence-corrected chi connectivity index (χ3v) is 5.96. The van der Waals surface area contributed by atoms with E-state index in [0.717, 1.165) is 29.7 Å². The fourth-order valence-electron chi connectivity index (χ4n) is 3.82. The van der Waals surface area contributed by atoms with E-state index in [-0.39, 0.29) is 12.0 Å². The number of hydrogen-bond donors (Lipinski definition) is 2. The lowest BCUT2D eigenvalue weighted by Gasteiger charge is -2.24. The van der Waals surface area contributed by atoms with Crippen LogP contribution in [0.2, 0.25) is 0 Å². The van der Waals surface area contributed by atoms with Crippen molar-refractivity contribution in [3.05, 3.63) is 65.2 Å². The van der Waals surface area contributed by atoms with Gasteiger partial charge in [-0.15, -0.1) is 0 Å². The van der Waals surface area contributed by atoms with Crippen LogP contribution in [-0.4, -0.2) is 29.3 Å². The summed E-state index contributed by atoms with van der Waals surface area (Å²) in [5.41, 5.74) is 2.47. The minimum absolute atomic E-state index is 0.0132. The van der Waals surface area contributed by atoms with E-state index in [1.807, 2.05) is 48.5 Å². The summed E-state index contributed by atoms with van der Waals surface area (Å²) < 4.78 is 0. The third kappa shape index (κ3) is 5.01. The molecule has 6 heteroatoms. The van der Waals surface area contributed by atoms with Crippen LogP contribution in [0.25, 0.3) is 0 Å². The van der Waals surface area contributed by atoms with Gasteiger partial charge in [0.1, 0.15) is 12.1 Å². The molecule has 2 aromatic carbocycles. The van der Waals surface area contributed by atoms with Crippen LogP contribution in [0.15, 0.2) is 48.5 Å². The number of carbonyl (C=O) groups excluding carboxylic acids is 3. The van der Waals surface area contributed by atoms with E-state index < -0.39 is 23.4 Å². The van der Waals surface area contributed by atoms with Crippen LogP contribution in [0.4, 0.5) is 10.5 Å². The lowest BCUT2D eigenvalue weighted by molar-refractivity contribution is -0.133. The summed E-state index contributed by atoms with van der Waals surface area (Å²) in [5, 5.41) is 5.53. The predicted octanol–water partition coefficient (Wildman–Crippen LogP) is 4.73. The fourth-order valence-corrected chi connectivity index (χ4v) is 3.82. The number of benzene rings is 2. The number of aryl methyl sites for hydroxylation is 1. The predicted molar refractivity (Wildman–Crippen MR) is 126 cm³/mol. The topological polar surface area (TPSA) is 78.5 Å². The molecular formula is C26H33N3O3. The highest BCUT2D eigenvalue weighted by atomic mass is 16.2. The molecule has 0 saturated carbocycles. The maximum absolute atomic E-state index is 13.1. The Kier molecular flexibility index (Phi) is 6.72. The van der Waals surface area contributed by atoms with Gasteiger partial charge in [0, 0.05) is 5.69 Å². The zero-order valence-electron chi connectivity index (χ0n) is 19.6. The van der Waals surface area contributed by atoms with E-state index in [4.69, 9.17) is 0 Å². The van der Waals surface area contributed by atoms with Crippen molar-refractivity contribution in [2.45, 2.75) is 64.8 Å². The standard InChI is InChI=1S/C26H33N3O3/c1-6-7-8-18-9-15-21(16-10-18)27-22(30)17-29-23(31)26(5,28-24(29)32)20-13-11-19(12-14-20)25(2,3)4/h9-16H,6-8,17H2,1-5H3,(H,27,30)(H,28,32). The molecule has 0 spiro atoms. The Morgan fingerprint density at radius 2 is 1.66 bits per heavy atom. The summed E-state index contributed by atoms with van der Waals surface area (Å²) in [5.74, 6) is -0.849. The van der Waals surface area contributed by atoms with Crippen LogP contribution < -0.4 is 10.6 Å². The Balaban J connectivity index is 1.67. The van der Waals surface area contributed by atoms with Gasteiger partial charge in [0.15, 0.2) is 0 Å². The van der Waals surface area contributed by atoms with Crippen LogP contribution in [0.5, 0.6) is 0 Å². The monoisotopic (exact) mass is 435 g/mol. The van der Waals surface area contributed by atoms with Gasteiger partial charge in [-0.3, -0.25) is 14.5 Å². The average molecular weight is 436 g/mol. The lowest BCUT2D eigenvalue weighted by Crippen LogP contribution is -2.42. The first-order chi connectivity index (χ1) is 15.0. The van der Waals surface area contributed by atoms with E-state index >= 15 is 0 Å². The van der Waals surface area contributed by atoms with Gasteiger partial charge in [-0.2, -0.15) is 0 Å². The van der Waals surface area contributed by atoms with Crippen molar-refractivity contribution < 1.29 is 14.4 Å². The largest absolute Gasteiger partial charge is 0.325 e. The molecule has 0 aliphatic carbocycles. The summed E-state index contributed by atoms with van der Waals surface area (Å²) in [6.07, 6.45) is 3.25. The van der Waals surface area contributed by atoms with Crippen LogP contribution >= 0.6 is 0 Å². The minimum atomic E-state index is -1.20. The smallest absolute Gasteiger partial charge is 0.325 e. The molecule has 1 aliphatic rings. The van der Waals surface area contributed by atoms with E-state index in [9.17, 15) is 14.4 Å². The van der Waals surface area contributed by atoms with Crippen LogP contribution in [-0.2, 0) is 27.0 Å². The van der Waals surface area contributed by atoms with Gasteiger partial charge in [-0.25, -0.2) is 4.79 Å². The van der Waals surface area contributed by atoms with E-state index in [0.29, 0.717) is 11.3 Å². The molecule has 0 bridgehead atoms. The highest BCUT2D eigenvalue weighted by Crippen LogP contribution is 2.31. The summed E-state index contributed by atoms with van der Waals surface area (Å²) in [6, 6.07) is 14.8. The molecule has 6 nitrogen and oxygen atoms in total. The van der Waals surface area contributed by atoms with Gasteiger partial charge in [0.2, 0.25) is 5.91 Å². The molecule has 1 atom stereocenters. The first-order valence-corrected chi connectivity index (χ1v) is 11.2. The Morgan fingerprint density at radius 3 is 2.22 bits per heavy atom. The normalized spacial score (nSPS) is 18.6. The lowest BCUT2D eigenvalue weighted by atomic mass is 9.84. The van der Waals surface area contributed by atoms with Crippen molar-refractivity contribution >= 4 is 23.5 Å². The number of anilines is 1. The van der Waals surface area contributed by atoms with Crippen molar-refractivity contribution in [3.8, 4) is 0 Å². The number of carbonyl (C=O) groups is 3. The molecule has 1 saturated heterocycles. The molecule has 32 heavy (non-hydrogen) atoms. The molecule has 0 aromatic heterocycles. The summed E-state index contributed by atoms with van der Waals surface area (Å²) in [7, 11) is 0. The van der Waals surface area contributed by atoms with Crippen LogP contribution in [0.1, 0.15) is 64.2 Å². The van der Waals surface area contributed by atoms with Gasteiger partial charge in [0.25, 0.3) is 5.91 Å². The summed E-state index contributed by atoms with van der Waals surface area (Å²) in [6.45, 7) is 9.84. The quantitative estimate of drug-likeness (QED) is 0.617. The number of imide groups is 1. The fraction of sp³-hybridized carbons (Fsp3) is 0.423.